The Morgan fingerprint density at radius 2 is 1.20 bits per heavy atom. The van der Waals surface area contributed by atoms with Crippen LogP contribution >= 0.6 is 0 Å². The predicted molar refractivity (Wildman–Crippen MR) is 94.1 cm³/mol. The van der Waals surface area contributed by atoms with Gasteiger partial charge in [0.2, 0.25) is 0 Å². The van der Waals surface area contributed by atoms with Crippen molar-refractivity contribution in [2.45, 2.75) is 52.4 Å². The molecule has 0 aromatic heterocycles. The fourth-order valence-electron chi connectivity index (χ4n) is 2.19. The van der Waals surface area contributed by atoms with Crippen LogP contribution < -0.4 is 52.7 Å². The maximum Gasteiger partial charge on any atom is 3.00 e. The minimum atomic E-state index is -0.0986. The van der Waals surface area contributed by atoms with Crippen molar-refractivity contribution in [2.24, 2.45) is 0 Å². The van der Waals surface area contributed by atoms with E-state index < -0.39 is 0 Å². The van der Waals surface area contributed by atoms with Crippen LogP contribution in [0.3, 0.4) is 0 Å². The van der Waals surface area contributed by atoms with Crippen LogP contribution in [0, 0.1) is 0 Å². The first-order valence-electron chi connectivity index (χ1n) is 7.66. The van der Waals surface area contributed by atoms with Crippen molar-refractivity contribution in [3.05, 3.63) is 53.6 Å². The van der Waals surface area contributed by atoms with Gasteiger partial charge in [-0.05, 0) is 23.0 Å². The third-order valence-corrected chi connectivity index (χ3v) is 3.49. The molecule has 0 spiro atoms. The van der Waals surface area contributed by atoms with Crippen LogP contribution in [0.4, 0.5) is 0 Å². The summed E-state index contributed by atoms with van der Waals surface area (Å²) in [6, 6.07) is 13.8. The Hall–Kier alpha value is 0.344. The number of aromatic hydroxyl groups is 1. The molecule has 25 heavy (non-hydrogen) atoms. The second-order valence-corrected chi connectivity index (χ2v) is 7.53. The van der Waals surface area contributed by atoms with E-state index >= 15 is 0 Å². The van der Waals surface area contributed by atoms with E-state index in [1.807, 2.05) is 42.5 Å². The van der Waals surface area contributed by atoms with Gasteiger partial charge in [0.05, 0.1) is 7.11 Å². The van der Waals surface area contributed by atoms with Crippen LogP contribution in [-0.2, 0) is 32.5 Å². The van der Waals surface area contributed by atoms with E-state index in [4.69, 9.17) is 4.74 Å². The zero-order chi connectivity index (χ0) is 17.0. The van der Waals surface area contributed by atoms with Crippen LogP contribution in [0.5, 0.6) is 11.5 Å². The Morgan fingerprint density at radius 3 is 1.40 bits per heavy atom. The molecule has 0 aliphatic heterocycles. The number of hydrogen-bond donors (Lipinski definition) is 1. The minimum absolute atomic E-state index is 0. The van der Waals surface area contributed by atoms with Crippen molar-refractivity contribution in [2.75, 3.05) is 7.11 Å². The monoisotopic (exact) mass is 603 g/mol. The average Bonchev–Trinajstić information content (AvgIpc) is 2.95. The minimum Gasteiger partial charge on any atom is -1.00 e. The number of rotatable bonds is 1. The van der Waals surface area contributed by atoms with Crippen molar-refractivity contribution in [3.63, 3.8) is 0 Å². The summed E-state index contributed by atoms with van der Waals surface area (Å²) in [5, 5.41) is 10.4. The summed E-state index contributed by atoms with van der Waals surface area (Å²) in [5.41, 5.74) is 1.67. The van der Waals surface area contributed by atoms with Crippen molar-refractivity contribution in [3.8, 4) is 11.5 Å². The van der Waals surface area contributed by atoms with Crippen molar-refractivity contribution < 1.29 is 79.5 Å². The molecule has 1 N–H and O–H groups in total. The molecule has 0 aliphatic rings. The van der Waals surface area contributed by atoms with Gasteiger partial charge in [-0.15, -0.1) is 0 Å². The van der Waals surface area contributed by atoms with Gasteiger partial charge in [0.1, 0.15) is 11.5 Å². The van der Waals surface area contributed by atoms with Gasteiger partial charge in [-0.3, -0.25) is 0 Å². The van der Waals surface area contributed by atoms with E-state index in [0.29, 0.717) is 5.75 Å². The Kier molecular flexibility index (Phi) is 15.3. The fourth-order valence-corrected chi connectivity index (χ4v) is 2.19. The van der Waals surface area contributed by atoms with Crippen LogP contribution in [-0.4, -0.2) is 12.2 Å². The zero-order valence-corrected chi connectivity index (χ0v) is 22.0. The zero-order valence-electron chi connectivity index (χ0n) is 16.2. The largest absolute Gasteiger partial charge is 3.00 e. The summed E-state index contributed by atoms with van der Waals surface area (Å²) >= 11 is 0. The molecule has 1 radical (unpaired) electrons. The van der Waals surface area contributed by atoms with Crippen LogP contribution in [0.1, 0.15) is 52.7 Å². The molecule has 0 bridgehead atoms. The molecule has 0 unspecified atom stereocenters. The molecule has 2 aromatic carbocycles. The average molecular weight is 603 g/mol. The van der Waals surface area contributed by atoms with E-state index in [2.05, 4.69) is 41.5 Å². The molecule has 0 fully saturated rings. The van der Waals surface area contributed by atoms with Crippen molar-refractivity contribution in [1.29, 1.82) is 0 Å². The Morgan fingerprint density at radius 1 is 0.840 bits per heavy atom. The number of phenols is 1. The molecule has 0 atom stereocenters. The molecular weight excluding hydrogens is 574 g/mol. The van der Waals surface area contributed by atoms with E-state index in [-0.39, 0.29) is 80.5 Å². The van der Waals surface area contributed by atoms with Gasteiger partial charge in [0.15, 0.2) is 0 Å². The normalized spacial score (nSPS) is 10.2. The van der Waals surface area contributed by atoms with Crippen LogP contribution in [0.2, 0.25) is 0 Å². The Balaban J connectivity index is -0.000000522. The number of halogens is 2. The van der Waals surface area contributed by atoms with E-state index in [1.54, 1.807) is 7.11 Å². The van der Waals surface area contributed by atoms with Gasteiger partial charge in [-0.2, -0.15) is 18.2 Å². The second kappa shape index (κ2) is 12.7. The molecule has 0 saturated heterocycles. The second-order valence-electron chi connectivity index (χ2n) is 7.53. The maximum absolute atomic E-state index is 10.4. The van der Waals surface area contributed by atoms with Crippen molar-refractivity contribution in [1.82, 2.24) is 0 Å². The number of phenolic OH excluding ortho intramolecular Hbond substituents is 1. The smallest absolute Gasteiger partial charge is 1.00 e. The van der Waals surface area contributed by atoms with Gasteiger partial charge in [-0.25, -0.2) is 12.1 Å². The summed E-state index contributed by atoms with van der Waals surface area (Å²) in [6.45, 7) is 12.5. The van der Waals surface area contributed by atoms with E-state index in [0.717, 1.165) is 16.9 Å². The quantitative estimate of drug-likeness (QED) is 0.269. The third-order valence-electron chi connectivity index (χ3n) is 3.49. The first kappa shape index (κ1) is 30.1. The molecule has 0 saturated carbocycles. The van der Waals surface area contributed by atoms with Gasteiger partial charge < -0.3 is 57.8 Å². The number of hydrogen-bond acceptors (Lipinski definition) is 2. The van der Waals surface area contributed by atoms with Gasteiger partial charge in [0.25, 0.3) is 0 Å². The number of benzene rings is 1. The molecule has 2 nitrogen and oxygen atoms in total. The predicted octanol–water partition coefficient (Wildman–Crippen LogP) is -0.593. The molecule has 0 aliphatic carbocycles. The molecule has 2 rings (SSSR count). The van der Waals surface area contributed by atoms with Gasteiger partial charge in [0, 0.05) is 11.1 Å². The maximum atomic E-state index is 10.4. The molecule has 2 aromatic rings. The third kappa shape index (κ3) is 9.73. The summed E-state index contributed by atoms with van der Waals surface area (Å²) in [5.74, 6) is 1.20. The van der Waals surface area contributed by atoms with Crippen molar-refractivity contribution >= 4 is 0 Å². The number of ether oxygens (including phenoxy) is 1. The van der Waals surface area contributed by atoms with E-state index in [1.165, 1.54) is 0 Å². The fraction of sp³-hybridized carbons (Fsp3) is 0.450. The van der Waals surface area contributed by atoms with Gasteiger partial charge >= 0.3 is 21.7 Å². The number of methoxy groups -OCH3 is 1. The first-order valence-corrected chi connectivity index (χ1v) is 7.66. The summed E-state index contributed by atoms with van der Waals surface area (Å²) in [6.07, 6.45) is 0. The molecule has 0 amide bonds. The molecule has 0 heterocycles. The molecule has 139 valence electrons. The molecular formula is C20H29I2O2Ti. The summed E-state index contributed by atoms with van der Waals surface area (Å²) < 4.78 is 5.33. The topological polar surface area (TPSA) is 29.5 Å². The molecule has 5 heteroatoms. The first-order chi connectivity index (χ1) is 10.1. The van der Waals surface area contributed by atoms with Crippen LogP contribution in [0.25, 0.3) is 0 Å². The Bertz CT molecular complexity index is 531. The summed E-state index contributed by atoms with van der Waals surface area (Å²) in [7, 11) is 1.66. The SMILES string of the molecule is COc1cc(C(C)(C)C)c(O)c(C(C)(C)C)c1.[I-].[I-].[Ti+3].c1cc[cH-]c1. The van der Waals surface area contributed by atoms with Gasteiger partial charge in [-0.1, -0.05) is 41.5 Å². The standard InChI is InChI=1S/C15H24O2.C5H5.2HI.Ti/c1-14(2,3)11-8-10(17-7)9-12(13(11)16)15(4,5)6;1-2-4-5-3-1;;;/h8-9,16H,1-7H3;1-5H;2*1H;/q;-1;;;+3/p-2. The van der Waals surface area contributed by atoms with E-state index in [9.17, 15) is 5.11 Å². The van der Waals surface area contributed by atoms with Crippen LogP contribution in [0.15, 0.2) is 42.5 Å². The Labute approximate surface area is 202 Å². The summed E-state index contributed by atoms with van der Waals surface area (Å²) in [4.78, 5) is 0.